The molecule has 5 unspecified atom stereocenters. The highest BCUT2D eigenvalue weighted by atomic mass is 16.5. The highest BCUT2D eigenvalue weighted by molar-refractivity contribution is 6.17. The maximum absolute atomic E-state index is 6.93. The smallest absolute Gasteiger partial charge is 0.0885 e. The van der Waals surface area contributed by atoms with Gasteiger partial charge in [0.25, 0.3) is 0 Å². The van der Waals surface area contributed by atoms with Crippen LogP contribution in [0.1, 0.15) is 46.1 Å². The van der Waals surface area contributed by atoms with Gasteiger partial charge in [-0.3, -0.25) is 0 Å². The van der Waals surface area contributed by atoms with Crippen molar-refractivity contribution in [3.05, 3.63) is 72.3 Å². The van der Waals surface area contributed by atoms with Crippen LogP contribution in [0.25, 0.3) is 32.3 Å². The van der Waals surface area contributed by atoms with Gasteiger partial charge in [0.1, 0.15) is 0 Å². The number of hydrogen-bond acceptors (Lipinski definition) is 1. The molecular weight excluding hydrogens is 376 g/mol. The average Bonchev–Trinajstić information content (AvgIpc) is 3.31. The molecule has 2 aliphatic rings. The van der Waals surface area contributed by atoms with E-state index in [0.29, 0.717) is 6.10 Å². The highest BCUT2D eigenvalue weighted by Crippen LogP contribution is 2.54. The van der Waals surface area contributed by atoms with Crippen molar-refractivity contribution in [3.8, 4) is 0 Å². The van der Waals surface area contributed by atoms with Crippen molar-refractivity contribution in [2.45, 2.75) is 52.2 Å². The largest absolute Gasteiger partial charge is 0.367 e. The molecule has 0 saturated heterocycles. The molecule has 2 bridgehead atoms. The van der Waals surface area contributed by atoms with Gasteiger partial charge in [0, 0.05) is 0 Å². The van der Waals surface area contributed by atoms with Gasteiger partial charge >= 0.3 is 0 Å². The van der Waals surface area contributed by atoms with E-state index in [2.05, 4.69) is 94.4 Å². The second-order valence-corrected chi connectivity index (χ2v) is 10.6. The Morgan fingerprint density at radius 2 is 1.35 bits per heavy atom. The molecule has 0 amide bonds. The van der Waals surface area contributed by atoms with Gasteiger partial charge in [0.2, 0.25) is 0 Å². The average molecular weight is 409 g/mol. The molecule has 2 aliphatic carbocycles. The van der Waals surface area contributed by atoms with Crippen molar-refractivity contribution in [2.75, 3.05) is 0 Å². The zero-order valence-electron chi connectivity index (χ0n) is 19.1. The third-order valence-electron chi connectivity index (χ3n) is 8.71. The Morgan fingerprint density at radius 1 is 0.677 bits per heavy atom. The predicted octanol–water partition coefficient (Wildman–Crippen LogP) is 8.08. The summed E-state index contributed by atoms with van der Waals surface area (Å²) in [6.45, 7) is 9.42. The lowest BCUT2D eigenvalue weighted by Gasteiger charge is -2.38. The Morgan fingerprint density at radius 3 is 2.16 bits per heavy atom. The monoisotopic (exact) mass is 408 g/mol. The van der Waals surface area contributed by atoms with E-state index in [0.717, 1.165) is 23.7 Å². The van der Waals surface area contributed by atoms with Crippen molar-refractivity contribution < 1.29 is 4.74 Å². The standard InChI is InChI=1S/C30H32O/c1-18-19(2)27-16-21(18)17-29(27)31-30(3,4)28-11-7-10-23-25-13-12-20-8-5-6-9-22(20)24(25)14-15-26(23)28/h5-15,18-19,21,27,29H,16-17H2,1-4H3. The van der Waals surface area contributed by atoms with E-state index < -0.39 is 0 Å². The molecule has 31 heavy (non-hydrogen) atoms. The number of hydrogen-bond donors (Lipinski definition) is 0. The topological polar surface area (TPSA) is 9.23 Å². The molecule has 0 spiro atoms. The number of ether oxygens (including phenoxy) is 1. The minimum atomic E-state index is -0.303. The van der Waals surface area contributed by atoms with Crippen molar-refractivity contribution in [3.63, 3.8) is 0 Å². The highest BCUT2D eigenvalue weighted by Gasteiger charge is 2.50. The van der Waals surface area contributed by atoms with Crippen LogP contribution in [0.4, 0.5) is 0 Å². The number of fused-ring (bicyclic) bond motifs is 7. The summed E-state index contributed by atoms with van der Waals surface area (Å²) in [4.78, 5) is 0. The van der Waals surface area contributed by atoms with Crippen LogP contribution in [0.2, 0.25) is 0 Å². The maximum Gasteiger partial charge on any atom is 0.0885 e. The van der Waals surface area contributed by atoms with Gasteiger partial charge < -0.3 is 4.74 Å². The molecule has 1 heteroatoms. The first-order valence-corrected chi connectivity index (χ1v) is 12.0. The van der Waals surface area contributed by atoms with Gasteiger partial charge in [0.05, 0.1) is 11.7 Å². The Kier molecular flexibility index (Phi) is 4.24. The summed E-state index contributed by atoms with van der Waals surface area (Å²) in [5, 5.41) is 7.93. The molecule has 0 N–H and O–H groups in total. The normalized spacial score (nSPS) is 28.2. The molecule has 2 saturated carbocycles. The van der Waals surface area contributed by atoms with Crippen LogP contribution in [0, 0.1) is 23.7 Å². The molecule has 1 nitrogen and oxygen atoms in total. The zero-order valence-corrected chi connectivity index (χ0v) is 19.1. The van der Waals surface area contributed by atoms with Gasteiger partial charge in [-0.2, -0.15) is 0 Å². The first-order chi connectivity index (χ1) is 14.9. The van der Waals surface area contributed by atoms with E-state index in [1.54, 1.807) is 0 Å². The quantitative estimate of drug-likeness (QED) is 0.311. The van der Waals surface area contributed by atoms with Gasteiger partial charge in [-0.1, -0.05) is 80.6 Å². The molecular formula is C30H32O. The molecule has 0 radical (unpaired) electrons. The summed E-state index contributed by atoms with van der Waals surface area (Å²) < 4.78 is 6.93. The second-order valence-electron chi connectivity index (χ2n) is 10.6. The summed E-state index contributed by atoms with van der Waals surface area (Å²) in [5.74, 6) is 3.21. The molecule has 0 aliphatic heterocycles. The van der Waals surface area contributed by atoms with E-state index >= 15 is 0 Å². The molecule has 0 heterocycles. The molecule has 2 fully saturated rings. The van der Waals surface area contributed by atoms with E-state index in [1.807, 2.05) is 0 Å². The zero-order chi connectivity index (χ0) is 21.3. The first-order valence-electron chi connectivity index (χ1n) is 12.0. The third kappa shape index (κ3) is 2.86. The summed E-state index contributed by atoms with van der Waals surface area (Å²) in [6.07, 6.45) is 2.99. The minimum Gasteiger partial charge on any atom is -0.367 e. The predicted molar refractivity (Wildman–Crippen MR) is 131 cm³/mol. The fourth-order valence-electron chi connectivity index (χ4n) is 6.83. The van der Waals surface area contributed by atoms with E-state index in [-0.39, 0.29) is 5.60 Å². The van der Waals surface area contributed by atoms with Crippen molar-refractivity contribution in [1.29, 1.82) is 0 Å². The SMILES string of the molecule is CC1C2CC(OC(C)(C)c3cccc4c3ccc3c5ccccc5ccc43)C(C2)C1C. The maximum atomic E-state index is 6.93. The van der Waals surface area contributed by atoms with Crippen molar-refractivity contribution in [1.82, 2.24) is 0 Å². The Hall–Kier alpha value is -2.38. The molecule has 0 aromatic heterocycles. The Bertz CT molecular complexity index is 1300. The van der Waals surface area contributed by atoms with E-state index in [9.17, 15) is 0 Å². The van der Waals surface area contributed by atoms with Crippen molar-refractivity contribution in [2.24, 2.45) is 23.7 Å². The lowest BCUT2D eigenvalue weighted by atomic mass is 9.80. The van der Waals surface area contributed by atoms with Crippen LogP contribution in [0.3, 0.4) is 0 Å². The summed E-state index contributed by atoms with van der Waals surface area (Å²) in [5.41, 5.74) is 1.01. The van der Waals surface area contributed by atoms with Crippen LogP contribution < -0.4 is 0 Å². The molecule has 5 atom stereocenters. The molecule has 4 aromatic carbocycles. The van der Waals surface area contributed by atoms with Crippen LogP contribution >= 0.6 is 0 Å². The summed E-state index contributed by atoms with van der Waals surface area (Å²) in [6, 6.07) is 24.6. The Labute approximate surface area is 185 Å². The van der Waals surface area contributed by atoms with Crippen LogP contribution in [-0.4, -0.2) is 6.10 Å². The number of benzene rings is 4. The molecule has 4 aromatic rings. The fraction of sp³-hybridized carbons (Fsp3) is 0.400. The fourth-order valence-corrected chi connectivity index (χ4v) is 6.83. The number of rotatable bonds is 3. The molecule has 6 rings (SSSR count). The Balaban J connectivity index is 1.44. The van der Waals surface area contributed by atoms with Gasteiger partial charge in [-0.05, 0) is 88.2 Å². The van der Waals surface area contributed by atoms with Crippen molar-refractivity contribution >= 4 is 32.3 Å². The van der Waals surface area contributed by atoms with Crippen LogP contribution in [0.5, 0.6) is 0 Å². The van der Waals surface area contributed by atoms with Crippen LogP contribution in [-0.2, 0) is 10.3 Å². The lowest BCUT2D eigenvalue weighted by molar-refractivity contribution is -0.109. The first kappa shape index (κ1) is 19.3. The second kappa shape index (κ2) is 6.81. The summed E-state index contributed by atoms with van der Waals surface area (Å²) in [7, 11) is 0. The third-order valence-corrected chi connectivity index (χ3v) is 8.71. The van der Waals surface area contributed by atoms with Gasteiger partial charge in [-0.25, -0.2) is 0 Å². The van der Waals surface area contributed by atoms with E-state index in [1.165, 1.54) is 50.7 Å². The van der Waals surface area contributed by atoms with Crippen LogP contribution in [0.15, 0.2) is 66.7 Å². The van der Waals surface area contributed by atoms with Gasteiger partial charge in [0.15, 0.2) is 0 Å². The summed E-state index contributed by atoms with van der Waals surface area (Å²) >= 11 is 0. The van der Waals surface area contributed by atoms with E-state index in [4.69, 9.17) is 4.74 Å². The molecule has 158 valence electrons. The minimum absolute atomic E-state index is 0.303. The van der Waals surface area contributed by atoms with Gasteiger partial charge in [-0.15, -0.1) is 0 Å². The lowest BCUT2D eigenvalue weighted by Crippen LogP contribution is -2.36.